The van der Waals surface area contributed by atoms with E-state index in [0.717, 1.165) is 5.56 Å². The number of nitrogens with one attached hydrogen (secondary N) is 1. The van der Waals surface area contributed by atoms with E-state index >= 15 is 0 Å². The van der Waals surface area contributed by atoms with Crippen molar-refractivity contribution in [3.8, 4) is 5.75 Å². The number of benzene rings is 1. The maximum Gasteiger partial charge on any atom is 0.264 e. The van der Waals surface area contributed by atoms with Gasteiger partial charge in [-0.05, 0) is 64.3 Å². The first-order valence-electron chi connectivity index (χ1n) is 6.92. The van der Waals surface area contributed by atoms with Crippen LogP contribution in [-0.4, -0.2) is 27.0 Å². The molecule has 0 aromatic heterocycles. The second-order valence-corrected chi connectivity index (χ2v) is 7.87. The molecule has 0 radical (unpaired) electrons. The zero-order valence-electron chi connectivity index (χ0n) is 14.2. The Hall–Kier alpha value is -1.76. The minimum absolute atomic E-state index is 0.125. The molecule has 0 fully saturated rings. The predicted octanol–water partition coefficient (Wildman–Crippen LogP) is 2.01. The predicted molar refractivity (Wildman–Crippen MR) is 88.9 cm³/mol. The highest BCUT2D eigenvalue weighted by atomic mass is 32.2. The summed E-state index contributed by atoms with van der Waals surface area (Å²) < 4.78 is 32.8. The number of hydrogen-bond acceptors (Lipinski definition) is 4. The van der Waals surface area contributed by atoms with Crippen LogP contribution in [0.4, 0.5) is 0 Å². The molecule has 124 valence electrons. The van der Waals surface area contributed by atoms with Crippen LogP contribution in [0.1, 0.15) is 37.5 Å². The van der Waals surface area contributed by atoms with E-state index < -0.39 is 15.6 Å². The number of methoxy groups -OCH3 is 1. The molecule has 0 spiro atoms. The minimum Gasteiger partial charge on any atom is -0.496 e. The van der Waals surface area contributed by atoms with Crippen molar-refractivity contribution in [1.29, 1.82) is 0 Å². The Bertz CT molecular complexity index is 702. The van der Waals surface area contributed by atoms with E-state index in [4.69, 9.17) is 10.5 Å². The van der Waals surface area contributed by atoms with Gasteiger partial charge in [-0.15, -0.1) is 0 Å². The summed E-state index contributed by atoms with van der Waals surface area (Å²) in [5.41, 5.74) is 7.25. The number of nitrogens with two attached hydrogens (primary N) is 1. The zero-order valence-corrected chi connectivity index (χ0v) is 15.1. The van der Waals surface area contributed by atoms with Gasteiger partial charge in [0.2, 0.25) is 5.96 Å². The number of aliphatic imine (C=N–C) groups is 1. The van der Waals surface area contributed by atoms with Crippen molar-refractivity contribution in [1.82, 2.24) is 4.72 Å². The van der Waals surface area contributed by atoms with Crippen LogP contribution in [-0.2, 0) is 10.0 Å². The first kappa shape index (κ1) is 18.3. The quantitative estimate of drug-likeness (QED) is 0.656. The Kier molecular flexibility index (Phi) is 5.12. The van der Waals surface area contributed by atoms with Gasteiger partial charge in [-0.1, -0.05) is 0 Å². The molecule has 0 heterocycles. The third-order valence-corrected chi connectivity index (χ3v) is 4.81. The number of aryl methyl sites for hydroxylation is 1. The molecule has 0 bridgehead atoms. The molecule has 7 heteroatoms. The van der Waals surface area contributed by atoms with E-state index in [1.54, 1.807) is 27.0 Å². The number of sulfonamides is 1. The van der Waals surface area contributed by atoms with Crippen LogP contribution in [0.5, 0.6) is 5.75 Å². The number of rotatable bonds is 3. The molecule has 0 saturated heterocycles. The fourth-order valence-corrected chi connectivity index (χ4v) is 3.68. The molecule has 1 rings (SSSR count). The smallest absolute Gasteiger partial charge is 0.264 e. The van der Waals surface area contributed by atoms with E-state index in [1.165, 1.54) is 0 Å². The molecule has 0 unspecified atom stereocenters. The van der Waals surface area contributed by atoms with Gasteiger partial charge in [-0.3, -0.25) is 0 Å². The molecular formula is C15H25N3O3S. The maximum atomic E-state index is 12.6. The average Bonchev–Trinajstić information content (AvgIpc) is 2.30. The maximum absolute atomic E-state index is 12.6. The Balaban J connectivity index is 3.37. The highest BCUT2D eigenvalue weighted by Crippen LogP contribution is 2.30. The fraction of sp³-hybridized carbons (Fsp3) is 0.533. The highest BCUT2D eigenvalue weighted by Gasteiger charge is 2.24. The van der Waals surface area contributed by atoms with Crippen molar-refractivity contribution >= 4 is 16.0 Å². The molecule has 1 aromatic carbocycles. The van der Waals surface area contributed by atoms with Crippen LogP contribution in [0.3, 0.4) is 0 Å². The van der Waals surface area contributed by atoms with Crippen molar-refractivity contribution in [3.05, 3.63) is 22.8 Å². The minimum atomic E-state index is -3.80. The monoisotopic (exact) mass is 327 g/mol. The molecule has 0 aliphatic carbocycles. The third kappa shape index (κ3) is 4.13. The van der Waals surface area contributed by atoms with E-state index in [9.17, 15) is 8.42 Å². The standard InChI is InChI=1S/C15H25N3O3S/c1-9-8-12(21-7)10(2)11(3)13(9)22(19,20)18-14(16)17-15(4,5)6/h8H,1-7H3,(H3,16,17,18). The van der Waals surface area contributed by atoms with Gasteiger partial charge in [0.15, 0.2) is 0 Å². The summed E-state index contributed by atoms with van der Waals surface area (Å²) in [6.45, 7) is 10.8. The zero-order chi connectivity index (χ0) is 17.3. The second-order valence-electron chi connectivity index (χ2n) is 6.25. The SMILES string of the molecule is COc1cc(C)c(S(=O)(=O)NC(N)=NC(C)(C)C)c(C)c1C. The van der Waals surface area contributed by atoms with Gasteiger partial charge >= 0.3 is 0 Å². The Morgan fingerprint density at radius 3 is 2.23 bits per heavy atom. The lowest BCUT2D eigenvalue weighted by atomic mass is 10.1. The van der Waals surface area contributed by atoms with Crippen LogP contribution in [0, 0.1) is 20.8 Å². The molecule has 22 heavy (non-hydrogen) atoms. The number of ether oxygens (including phenoxy) is 1. The molecule has 6 nitrogen and oxygen atoms in total. The molecule has 3 N–H and O–H groups in total. The van der Waals surface area contributed by atoms with E-state index in [-0.39, 0.29) is 10.9 Å². The van der Waals surface area contributed by atoms with Crippen LogP contribution in [0.25, 0.3) is 0 Å². The van der Waals surface area contributed by atoms with Crippen molar-refractivity contribution in [2.75, 3.05) is 7.11 Å². The molecule has 0 aliphatic rings. The van der Waals surface area contributed by atoms with Crippen molar-refractivity contribution in [3.63, 3.8) is 0 Å². The largest absolute Gasteiger partial charge is 0.496 e. The van der Waals surface area contributed by atoms with Gasteiger partial charge in [0.05, 0.1) is 17.5 Å². The summed E-state index contributed by atoms with van der Waals surface area (Å²) in [6, 6.07) is 1.70. The van der Waals surface area contributed by atoms with Crippen LogP contribution >= 0.6 is 0 Å². The van der Waals surface area contributed by atoms with E-state index in [2.05, 4.69) is 9.71 Å². The summed E-state index contributed by atoms with van der Waals surface area (Å²) in [7, 11) is -2.24. The van der Waals surface area contributed by atoms with Gasteiger partial charge in [0.25, 0.3) is 10.0 Å². The summed E-state index contributed by atoms with van der Waals surface area (Å²) >= 11 is 0. The van der Waals surface area contributed by atoms with E-state index in [0.29, 0.717) is 16.9 Å². The molecule has 0 saturated carbocycles. The fourth-order valence-electron chi connectivity index (χ4n) is 2.22. The Labute approximate surface area is 132 Å². The van der Waals surface area contributed by atoms with Crippen LogP contribution in [0.15, 0.2) is 16.0 Å². The van der Waals surface area contributed by atoms with Crippen molar-refractivity contribution in [2.45, 2.75) is 52.0 Å². The summed E-state index contributed by atoms with van der Waals surface area (Å²) in [5.74, 6) is 0.532. The van der Waals surface area contributed by atoms with Gasteiger partial charge < -0.3 is 10.5 Å². The average molecular weight is 327 g/mol. The summed E-state index contributed by atoms with van der Waals surface area (Å²) in [5, 5.41) is 0. The van der Waals surface area contributed by atoms with Gasteiger partial charge in [0.1, 0.15) is 5.75 Å². The lowest BCUT2D eigenvalue weighted by Crippen LogP contribution is -2.39. The lowest BCUT2D eigenvalue weighted by molar-refractivity contribution is 0.410. The number of guanidine groups is 1. The second kappa shape index (κ2) is 6.16. The van der Waals surface area contributed by atoms with Crippen molar-refractivity contribution < 1.29 is 13.2 Å². The summed E-state index contributed by atoms with van der Waals surface area (Å²) in [6.07, 6.45) is 0. The highest BCUT2D eigenvalue weighted by molar-refractivity contribution is 7.90. The van der Waals surface area contributed by atoms with Gasteiger partial charge in [-0.2, -0.15) is 0 Å². The third-order valence-electron chi connectivity index (χ3n) is 3.16. The molecular weight excluding hydrogens is 302 g/mol. The van der Waals surface area contributed by atoms with E-state index in [1.807, 2.05) is 27.7 Å². The number of nitrogens with zero attached hydrogens (tertiary/aromatic N) is 1. The van der Waals surface area contributed by atoms with Crippen molar-refractivity contribution in [2.24, 2.45) is 10.7 Å². The lowest BCUT2D eigenvalue weighted by Gasteiger charge is -2.18. The Morgan fingerprint density at radius 2 is 1.77 bits per heavy atom. The van der Waals surface area contributed by atoms with Gasteiger partial charge in [0, 0.05) is 0 Å². The molecule has 0 aliphatic heterocycles. The molecule has 0 atom stereocenters. The number of hydrogen-bond donors (Lipinski definition) is 2. The van der Waals surface area contributed by atoms with Crippen LogP contribution in [0.2, 0.25) is 0 Å². The van der Waals surface area contributed by atoms with Gasteiger partial charge in [-0.25, -0.2) is 18.1 Å². The summed E-state index contributed by atoms with van der Waals surface area (Å²) in [4.78, 5) is 4.32. The first-order chi connectivity index (χ1) is 9.89. The van der Waals surface area contributed by atoms with Crippen LogP contribution < -0.4 is 15.2 Å². The Morgan fingerprint density at radius 1 is 1.23 bits per heavy atom. The molecule has 1 aromatic rings. The first-order valence-corrected chi connectivity index (χ1v) is 8.40. The normalized spacial score (nSPS) is 13.1. The topological polar surface area (TPSA) is 93.8 Å². The molecule has 0 amide bonds.